The Morgan fingerprint density at radius 2 is 2.12 bits per heavy atom. The summed E-state index contributed by atoms with van der Waals surface area (Å²) in [6.45, 7) is 1.56. The van der Waals surface area contributed by atoms with Gasteiger partial charge in [0, 0.05) is 6.61 Å². The van der Waals surface area contributed by atoms with E-state index in [1.54, 1.807) is 6.07 Å². The monoisotopic (exact) mass is 238 g/mol. The summed E-state index contributed by atoms with van der Waals surface area (Å²) >= 11 is 0. The molecule has 1 aromatic carbocycles. The summed E-state index contributed by atoms with van der Waals surface area (Å²) in [5, 5.41) is 8.91. The molecule has 1 aromatic rings. The van der Waals surface area contributed by atoms with E-state index in [1.807, 2.05) is 18.2 Å². The van der Waals surface area contributed by atoms with Crippen molar-refractivity contribution < 1.29 is 14.6 Å². The lowest BCUT2D eigenvalue weighted by Gasteiger charge is -2.21. The molecule has 0 bridgehead atoms. The van der Waals surface area contributed by atoms with E-state index in [0.29, 0.717) is 12.2 Å². The van der Waals surface area contributed by atoms with Crippen molar-refractivity contribution in [1.82, 2.24) is 0 Å². The van der Waals surface area contributed by atoms with Crippen LogP contribution in [-0.4, -0.2) is 29.8 Å². The number of hydrogen-bond donors (Lipinski definition) is 3. The molecule has 0 aliphatic heterocycles. The average Bonchev–Trinajstić information content (AvgIpc) is 2.28. The topological polar surface area (TPSA) is 98.6 Å². The molecule has 17 heavy (non-hydrogen) atoms. The van der Waals surface area contributed by atoms with Crippen LogP contribution in [-0.2, 0) is 11.2 Å². The van der Waals surface area contributed by atoms with Crippen LogP contribution in [0.15, 0.2) is 24.3 Å². The summed E-state index contributed by atoms with van der Waals surface area (Å²) in [5.41, 5.74) is 10.5. The number of rotatable bonds is 6. The molecule has 0 spiro atoms. The zero-order valence-corrected chi connectivity index (χ0v) is 9.85. The average molecular weight is 238 g/mol. The molecule has 5 heteroatoms. The summed E-state index contributed by atoms with van der Waals surface area (Å²) in [6.07, 6.45) is 0.494. The zero-order valence-electron chi connectivity index (χ0n) is 9.85. The summed E-state index contributed by atoms with van der Waals surface area (Å²) in [4.78, 5) is 11.0. The van der Waals surface area contributed by atoms with Crippen molar-refractivity contribution in [3.05, 3.63) is 29.8 Å². The van der Waals surface area contributed by atoms with Crippen molar-refractivity contribution in [1.29, 1.82) is 0 Å². The van der Waals surface area contributed by atoms with E-state index in [1.165, 1.54) is 6.92 Å². The number of para-hydroxylation sites is 1. The number of amides is 1. The second-order valence-electron chi connectivity index (χ2n) is 4.15. The first-order valence-corrected chi connectivity index (χ1v) is 5.37. The fourth-order valence-electron chi connectivity index (χ4n) is 1.27. The van der Waals surface area contributed by atoms with Gasteiger partial charge in [0.05, 0.1) is 0 Å². The third-order valence-electron chi connectivity index (χ3n) is 2.44. The third-order valence-corrected chi connectivity index (χ3v) is 2.44. The van der Waals surface area contributed by atoms with Crippen molar-refractivity contribution in [3.63, 3.8) is 0 Å². The Bertz CT molecular complexity index is 391. The molecule has 0 aliphatic carbocycles. The number of carbonyl (C=O) groups excluding carboxylic acids is 1. The van der Waals surface area contributed by atoms with Gasteiger partial charge in [0.1, 0.15) is 17.9 Å². The summed E-state index contributed by atoms with van der Waals surface area (Å²) < 4.78 is 5.48. The molecule has 0 radical (unpaired) electrons. The molecule has 1 unspecified atom stereocenters. The van der Waals surface area contributed by atoms with E-state index in [0.717, 1.165) is 5.56 Å². The second-order valence-corrected chi connectivity index (χ2v) is 4.15. The van der Waals surface area contributed by atoms with E-state index in [4.69, 9.17) is 21.3 Å². The van der Waals surface area contributed by atoms with Crippen LogP contribution in [0.3, 0.4) is 0 Å². The van der Waals surface area contributed by atoms with Crippen molar-refractivity contribution in [2.24, 2.45) is 11.5 Å². The van der Waals surface area contributed by atoms with Crippen molar-refractivity contribution in [2.75, 3.05) is 13.2 Å². The summed E-state index contributed by atoms with van der Waals surface area (Å²) in [7, 11) is 0. The van der Waals surface area contributed by atoms with Crippen molar-refractivity contribution in [3.8, 4) is 5.75 Å². The first-order valence-electron chi connectivity index (χ1n) is 5.37. The highest BCUT2D eigenvalue weighted by atomic mass is 16.5. The van der Waals surface area contributed by atoms with Crippen molar-refractivity contribution in [2.45, 2.75) is 18.9 Å². The van der Waals surface area contributed by atoms with Gasteiger partial charge in [0.2, 0.25) is 5.91 Å². The highest BCUT2D eigenvalue weighted by Crippen LogP contribution is 2.19. The minimum Gasteiger partial charge on any atom is -0.491 e. The number of carbonyl (C=O) groups is 1. The fraction of sp³-hybridized carbons (Fsp3) is 0.417. The van der Waals surface area contributed by atoms with E-state index in [9.17, 15) is 4.79 Å². The van der Waals surface area contributed by atoms with Crippen LogP contribution in [0.1, 0.15) is 12.5 Å². The number of nitrogens with two attached hydrogens (primary N) is 2. The van der Waals surface area contributed by atoms with Gasteiger partial charge in [-0.15, -0.1) is 0 Å². The van der Waals surface area contributed by atoms with Gasteiger partial charge in [-0.3, -0.25) is 4.79 Å². The molecule has 1 amide bonds. The van der Waals surface area contributed by atoms with E-state index < -0.39 is 11.4 Å². The van der Waals surface area contributed by atoms with Gasteiger partial charge in [-0.05, 0) is 25.0 Å². The lowest BCUT2D eigenvalue weighted by molar-refractivity contribution is -0.123. The first-order chi connectivity index (χ1) is 7.97. The molecule has 94 valence electrons. The number of primary amides is 1. The van der Waals surface area contributed by atoms with Gasteiger partial charge < -0.3 is 21.3 Å². The van der Waals surface area contributed by atoms with Gasteiger partial charge in [-0.2, -0.15) is 0 Å². The maximum Gasteiger partial charge on any atom is 0.240 e. The van der Waals surface area contributed by atoms with Gasteiger partial charge in [0.25, 0.3) is 0 Å². The Morgan fingerprint density at radius 1 is 1.47 bits per heavy atom. The molecule has 5 nitrogen and oxygen atoms in total. The first kappa shape index (κ1) is 13.5. The highest BCUT2D eigenvalue weighted by Gasteiger charge is 2.26. The molecule has 1 rings (SSSR count). The summed E-state index contributed by atoms with van der Waals surface area (Å²) in [6, 6.07) is 7.29. The largest absolute Gasteiger partial charge is 0.491 e. The molecule has 1 atom stereocenters. The number of aliphatic hydroxyl groups is 1. The molecule has 0 fully saturated rings. The quantitative estimate of drug-likeness (QED) is 0.639. The van der Waals surface area contributed by atoms with Crippen LogP contribution in [0.5, 0.6) is 5.75 Å². The lowest BCUT2D eigenvalue weighted by atomic mass is 10.1. The second kappa shape index (κ2) is 5.65. The Hall–Kier alpha value is -1.59. The van der Waals surface area contributed by atoms with Crippen LogP contribution >= 0.6 is 0 Å². The molecular weight excluding hydrogens is 220 g/mol. The Morgan fingerprint density at radius 3 is 2.71 bits per heavy atom. The van der Waals surface area contributed by atoms with Gasteiger partial charge >= 0.3 is 0 Å². The van der Waals surface area contributed by atoms with Crippen LogP contribution in [0, 0.1) is 0 Å². The lowest BCUT2D eigenvalue weighted by Crippen LogP contribution is -2.53. The standard InChI is InChI=1S/C12H18N2O3/c1-12(14,11(13)16)8-17-10-5-3-2-4-9(10)6-7-15/h2-5,15H,6-8,14H2,1H3,(H2,13,16). The predicted octanol–water partition coefficient (Wildman–Crippen LogP) is -0.197. The molecule has 5 N–H and O–H groups in total. The third kappa shape index (κ3) is 3.72. The molecule has 0 aromatic heterocycles. The number of hydrogen-bond acceptors (Lipinski definition) is 4. The normalized spacial score (nSPS) is 14.1. The fourth-order valence-corrected chi connectivity index (χ4v) is 1.27. The maximum absolute atomic E-state index is 11.0. The minimum atomic E-state index is -1.20. The predicted molar refractivity (Wildman–Crippen MR) is 64.5 cm³/mol. The van der Waals surface area contributed by atoms with Crippen LogP contribution in [0.25, 0.3) is 0 Å². The Balaban J connectivity index is 2.72. The van der Waals surface area contributed by atoms with Crippen LogP contribution in [0.4, 0.5) is 0 Å². The van der Waals surface area contributed by atoms with Crippen LogP contribution in [0.2, 0.25) is 0 Å². The van der Waals surface area contributed by atoms with E-state index in [2.05, 4.69) is 0 Å². The molecule has 0 heterocycles. The molecular formula is C12H18N2O3. The van der Waals surface area contributed by atoms with Crippen LogP contribution < -0.4 is 16.2 Å². The maximum atomic E-state index is 11.0. The SMILES string of the molecule is CC(N)(COc1ccccc1CCO)C(N)=O. The molecule has 0 saturated heterocycles. The molecule has 0 aliphatic rings. The number of aliphatic hydroxyl groups excluding tert-OH is 1. The Kier molecular flexibility index (Phi) is 4.48. The van der Waals surface area contributed by atoms with Crippen molar-refractivity contribution >= 4 is 5.91 Å². The van der Waals surface area contributed by atoms with Gasteiger partial charge in [-0.25, -0.2) is 0 Å². The number of ether oxygens (including phenoxy) is 1. The van der Waals surface area contributed by atoms with E-state index in [-0.39, 0.29) is 13.2 Å². The van der Waals surface area contributed by atoms with Gasteiger partial charge in [0.15, 0.2) is 0 Å². The van der Waals surface area contributed by atoms with Gasteiger partial charge in [-0.1, -0.05) is 18.2 Å². The highest BCUT2D eigenvalue weighted by molar-refractivity contribution is 5.84. The van der Waals surface area contributed by atoms with E-state index >= 15 is 0 Å². The Labute approximate surface area is 100 Å². The number of benzene rings is 1. The minimum absolute atomic E-state index is 0.00474. The molecule has 0 saturated carbocycles. The summed E-state index contributed by atoms with van der Waals surface area (Å²) in [5.74, 6) is -0.00313. The smallest absolute Gasteiger partial charge is 0.240 e. The zero-order chi connectivity index (χ0) is 12.9.